The molecule has 0 saturated carbocycles. The van der Waals surface area contributed by atoms with Crippen molar-refractivity contribution in [3.63, 3.8) is 0 Å². The quantitative estimate of drug-likeness (QED) is 0.471. The molecule has 28 heavy (non-hydrogen) atoms. The van der Waals surface area contributed by atoms with E-state index in [1.807, 2.05) is 54.6 Å². The number of carbonyl (C=O) groups excluding carboxylic acids is 1. The van der Waals surface area contributed by atoms with Crippen molar-refractivity contribution < 1.29 is 4.79 Å². The Morgan fingerprint density at radius 3 is 2.36 bits per heavy atom. The second-order valence-electron chi connectivity index (χ2n) is 6.89. The molecule has 0 radical (unpaired) electrons. The minimum absolute atomic E-state index is 0.0528. The molecule has 0 aliphatic carbocycles. The van der Waals surface area contributed by atoms with Gasteiger partial charge in [-0.1, -0.05) is 66.7 Å². The lowest BCUT2D eigenvalue weighted by molar-refractivity contribution is -0.120. The number of hydrogen-bond acceptors (Lipinski definition) is 2. The molecule has 0 atom stereocenters. The summed E-state index contributed by atoms with van der Waals surface area (Å²) in [5.74, 6) is 1.02. The number of imidazole rings is 1. The lowest BCUT2D eigenvalue weighted by Crippen LogP contribution is -2.26. The van der Waals surface area contributed by atoms with Gasteiger partial charge in [-0.2, -0.15) is 0 Å². The number of amides is 1. The summed E-state index contributed by atoms with van der Waals surface area (Å²) in [5.41, 5.74) is 5.41. The summed E-state index contributed by atoms with van der Waals surface area (Å²) < 4.78 is 0. The highest BCUT2D eigenvalue weighted by Gasteiger charge is 2.05. The van der Waals surface area contributed by atoms with E-state index in [-0.39, 0.29) is 5.91 Å². The van der Waals surface area contributed by atoms with Crippen molar-refractivity contribution in [2.75, 3.05) is 6.54 Å². The smallest absolute Gasteiger partial charge is 0.224 e. The summed E-state index contributed by atoms with van der Waals surface area (Å²) in [6, 6.07) is 26.4. The molecular weight excluding hydrogens is 346 g/mol. The van der Waals surface area contributed by atoms with Crippen LogP contribution in [0.25, 0.3) is 22.2 Å². The fourth-order valence-corrected chi connectivity index (χ4v) is 3.30. The number of aromatic nitrogens is 2. The average Bonchev–Trinajstić information content (AvgIpc) is 3.15. The first kappa shape index (κ1) is 18.0. The summed E-state index contributed by atoms with van der Waals surface area (Å²) in [6.45, 7) is 0.651. The van der Waals surface area contributed by atoms with Crippen LogP contribution in [-0.2, 0) is 17.6 Å². The molecule has 3 aromatic carbocycles. The minimum atomic E-state index is 0.0528. The number of nitrogens with one attached hydrogen (secondary N) is 2. The van der Waals surface area contributed by atoms with E-state index in [0.717, 1.165) is 40.8 Å². The maximum atomic E-state index is 12.2. The zero-order chi connectivity index (χ0) is 19.2. The van der Waals surface area contributed by atoms with Gasteiger partial charge in [-0.25, -0.2) is 4.98 Å². The molecular formula is C24H23N3O. The molecule has 0 unspecified atom stereocenters. The molecule has 2 N–H and O–H groups in total. The summed E-state index contributed by atoms with van der Waals surface area (Å²) in [7, 11) is 0. The van der Waals surface area contributed by atoms with E-state index in [2.05, 4.69) is 39.6 Å². The number of H-pyrrole nitrogens is 1. The van der Waals surface area contributed by atoms with Gasteiger partial charge in [0, 0.05) is 13.0 Å². The molecule has 1 heterocycles. The van der Waals surface area contributed by atoms with Crippen LogP contribution in [0, 0.1) is 0 Å². The minimum Gasteiger partial charge on any atom is -0.356 e. The van der Waals surface area contributed by atoms with Crippen LogP contribution in [0.3, 0.4) is 0 Å². The molecule has 4 aromatic rings. The monoisotopic (exact) mass is 369 g/mol. The highest BCUT2D eigenvalue weighted by Crippen LogP contribution is 2.19. The summed E-state index contributed by atoms with van der Waals surface area (Å²) in [4.78, 5) is 20.1. The van der Waals surface area contributed by atoms with Gasteiger partial charge in [0.05, 0.1) is 17.5 Å². The Bertz CT molecular complexity index is 1020. The van der Waals surface area contributed by atoms with Crippen molar-refractivity contribution in [2.24, 2.45) is 0 Å². The Balaban J connectivity index is 1.23. The number of benzene rings is 3. The molecule has 4 heteroatoms. The predicted molar refractivity (Wildman–Crippen MR) is 113 cm³/mol. The number of hydrogen-bond donors (Lipinski definition) is 2. The zero-order valence-corrected chi connectivity index (χ0v) is 15.7. The van der Waals surface area contributed by atoms with Crippen molar-refractivity contribution in [3.8, 4) is 11.1 Å². The first-order valence-corrected chi connectivity index (χ1v) is 9.62. The highest BCUT2D eigenvalue weighted by molar-refractivity contribution is 5.79. The van der Waals surface area contributed by atoms with Crippen LogP contribution in [0.4, 0.5) is 0 Å². The number of para-hydroxylation sites is 2. The van der Waals surface area contributed by atoms with Gasteiger partial charge in [0.15, 0.2) is 0 Å². The fraction of sp³-hybridized carbons (Fsp3) is 0.167. The van der Waals surface area contributed by atoms with Gasteiger partial charge in [-0.3, -0.25) is 4.79 Å². The second kappa shape index (κ2) is 8.53. The molecule has 0 aliphatic rings. The van der Waals surface area contributed by atoms with Crippen LogP contribution < -0.4 is 5.32 Å². The van der Waals surface area contributed by atoms with Gasteiger partial charge in [0.1, 0.15) is 5.82 Å². The van der Waals surface area contributed by atoms with Gasteiger partial charge in [0.2, 0.25) is 5.91 Å². The topological polar surface area (TPSA) is 57.8 Å². The van der Waals surface area contributed by atoms with E-state index in [9.17, 15) is 4.79 Å². The molecule has 0 fully saturated rings. The standard InChI is InChI=1S/C24H23N3O/c28-24(17-18-12-14-20(15-13-18)19-7-2-1-3-8-19)25-16-6-11-23-26-21-9-4-5-10-22(21)27-23/h1-5,7-10,12-15H,6,11,16-17H2,(H,25,28)(H,26,27). The molecule has 0 saturated heterocycles. The third-order valence-corrected chi connectivity index (χ3v) is 4.78. The first-order valence-electron chi connectivity index (χ1n) is 9.62. The Hall–Kier alpha value is -3.40. The highest BCUT2D eigenvalue weighted by atomic mass is 16.1. The molecule has 1 amide bonds. The van der Waals surface area contributed by atoms with Gasteiger partial charge in [-0.05, 0) is 35.2 Å². The van der Waals surface area contributed by atoms with E-state index in [1.165, 1.54) is 5.56 Å². The van der Waals surface area contributed by atoms with Crippen molar-refractivity contribution in [3.05, 3.63) is 90.3 Å². The van der Waals surface area contributed by atoms with Crippen LogP contribution in [0.15, 0.2) is 78.9 Å². The number of fused-ring (bicyclic) bond motifs is 1. The first-order chi connectivity index (χ1) is 13.8. The Kier molecular flexibility index (Phi) is 5.48. The summed E-state index contributed by atoms with van der Waals surface area (Å²) in [6.07, 6.45) is 2.08. The maximum Gasteiger partial charge on any atom is 0.224 e. The van der Waals surface area contributed by atoms with Crippen molar-refractivity contribution in [1.29, 1.82) is 0 Å². The lowest BCUT2D eigenvalue weighted by atomic mass is 10.0. The molecule has 0 aliphatic heterocycles. The van der Waals surface area contributed by atoms with E-state index in [4.69, 9.17) is 0 Å². The van der Waals surface area contributed by atoms with Crippen LogP contribution in [0.1, 0.15) is 17.8 Å². The molecule has 1 aromatic heterocycles. The zero-order valence-electron chi connectivity index (χ0n) is 15.7. The predicted octanol–water partition coefficient (Wildman–Crippen LogP) is 4.52. The number of rotatable bonds is 7. The van der Waals surface area contributed by atoms with Crippen LogP contribution in [0.2, 0.25) is 0 Å². The van der Waals surface area contributed by atoms with Crippen LogP contribution in [-0.4, -0.2) is 22.4 Å². The molecule has 0 bridgehead atoms. The number of aromatic amines is 1. The van der Waals surface area contributed by atoms with E-state index in [1.54, 1.807) is 0 Å². The van der Waals surface area contributed by atoms with Crippen molar-refractivity contribution in [1.82, 2.24) is 15.3 Å². The van der Waals surface area contributed by atoms with E-state index in [0.29, 0.717) is 13.0 Å². The number of carbonyl (C=O) groups is 1. The van der Waals surface area contributed by atoms with Crippen LogP contribution >= 0.6 is 0 Å². The molecule has 4 nitrogen and oxygen atoms in total. The van der Waals surface area contributed by atoms with E-state index < -0.39 is 0 Å². The largest absolute Gasteiger partial charge is 0.356 e. The van der Waals surface area contributed by atoms with Crippen molar-refractivity contribution in [2.45, 2.75) is 19.3 Å². The molecule has 140 valence electrons. The second-order valence-corrected chi connectivity index (χ2v) is 6.89. The summed E-state index contributed by atoms with van der Waals surface area (Å²) in [5, 5.41) is 3.00. The Labute approximate surface area is 164 Å². The van der Waals surface area contributed by atoms with E-state index >= 15 is 0 Å². The maximum absolute atomic E-state index is 12.2. The molecule has 4 rings (SSSR count). The van der Waals surface area contributed by atoms with Gasteiger partial charge in [-0.15, -0.1) is 0 Å². The fourth-order valence-electron chi connectivity index (χ4n) is 3.30. The summed E-state index contributed by atoms with van der Waals surface area (Å²) >= 11 is 0. The average molecular weight is 369 g/mol. The van der Waals surface area contributed by atoms with Gasteiger partial charge in [0.25, 0.3) is 0 Å². The number of nitrogens with zero attached hydrogens (tertiary/aromatic N) is 1. The SMILES string of the molecule is O=C(Cc1ccc(-c2ccccc2)cc1)NCCCc1nc2ccccc2[nH]1. The normalized spacial score (nSPS) is 10.9. The Morgan fingerprint density at radius 1 is 0.857 bits per heavy atom. The third-order valence-electron chi connectivity index (χ3n) is 4.78. The van der Waals surface area contributed by atoms with Crippen molar-refractivity contribution >= 4 is 16.9 Å². The van der Waals surface area contributed by atoms with Crippen LogP contribution in [0.5, 0.6) is 0 Å². The lowest BCUT2D eigenvalue weighted by Gasteiger charge is -2.06. The van der Waals surface area contributed by atoms with Gasteiger partial charge >= 0.3 is 0 Å². The molecule has 0 spiro atoms. The Morgan fingerprint density at radius 2 is 1.57 bits per heavy atom. The third kappa shape index (κ3) is 4.46. The van der Waals surface area contributed by atoms with Gasteiger partial charge < -0.3 is 10.3 Å². The number of aryl methyl sites for hydroxylation is 1.